The fourth-order valence-electron chi connectivity index (χ4n) is 2.59. The van der Waals surface area contributed by atoms with Crippen LogP contribution in [0.2, 0.25) is 0 Å². The maximum atomic E-state index is 13.0. The smallest absolute Gasteiger partial charge is 0.279 e. The molecule has 0 saturated carbocycles. The van der Waals surface area contributed by atoms with Crippen molar-refractivity contribution in [2.75, 3.05) is 5.32 Å². The van der Waals surface area contributed by atoms with E-state index in [1.54, 1.807) is 29.3 Å². The second kappa shape index (κ2) is 7.78. The molecule has 1 amide bonds. The van der Waals surface area contributed by atoms with Crippen LogP contribution in [0.15, 0.2) is 67.3 Å². The van der Waals surface area contributed by atoms with Gasteiger partial charge in [0, 0.05) is 31.2 Å². The number of anilines is 1. The number of nitrogens with zero attached hydrogens (tertiary/aromatic N) is 6. The molecule has 0 aliphatic rings. The molecular weight excluding hydrogens is 361 g/mol. The molecule has 0 atom stereocenters. The Morgan fingerprint density at radius 1 is 1.04 bits per heavy atom. The van der Waals surface area contributed by atoms with Crippen molar-refractivity contribution in [3.05, 3.63) is 84.3 Å². The van der Waals surface area contributed by atoms with Crippen LogP contribution in [-0.2, 0) is 13.0 Å². The lowest BCUT2D eigenvalue weighted by Gasteiger charge is -2.02. The summed E-state index contributed by atoms with van der Waals surface area (Å²) in [6.07, 6.45) is 7.46. The van der Waals surface area contributed by atoms with Crippen LogP contribution in [0, 0.1) is 5.82 Å². The summed E-state index contributed by atoms with van der Waals surface area (Å²) in [6.45, 7) is 0.681. The molecular formula is C19H16FN7O. The van der Waals surface area contributed by atoms with Gasteiger partial charge in [-0.1, -0.05) is 0 Å². The first-order valence-electron chi connectivity index (χ1n) is 8.59. The van der Waals surface area contributed by atoms with Crippen molar-refractivity contribution in [2.24, 2.45) is 0 Å². The highest BCUT2D eigenvalue weighted by Crippen LogP contribution is 2.09. The molecule has 1 aromatic carbocycles. The number of aromatic nitrogens is 6. The monoisotopic (exact) mass is 377 g/mol. The van der Waals surface area contributed by atoms with Crippen LogP contribution in [0.4, 0.5) is 10.2 Å². The molecule has 0 saturated heterocycles. The van der Waals surface area contributed by atoms with Crippen LogP contribution in [0.5, 0.6) is 0 Å². The normalized spacial score (nSPS) is 10.8. The first-order chi connectivity index (χ1) is 13.7. The lowest BCUT2D eigenvalue weighted by atomic mass is 10.2. The highest BCUT2D eigenvalue weighted by Gasteiger charge is 2.13. The first kappa shape index (κ1) is 17.5. The number of nitrogens with one attached hydrogen (secondary N) is 1. The highest BCUT2D eigenvalue weighted by molar-refractivity contribution is 6.02. The van der Waals surface area contributed by atoms with Crippen molar-refractivity contribution in [3.8, 4) is 5.69 Å². The summed E-state index contributed by atoms with van der Waals surface area (Å²) in [5.41, 5.74) is 1.85. The number of carbonyl (C=O) groups is 1. The minimum atomic E-state index is -0.423. The van der Waals surface area contributed by atoms with E-state index in [-0.39, 0.29) is 11.5 Å². The number of carbonyl (C=O) groups excluding carboxylic acids is 1. The minimum absolute atomic E-state index is 0.135. The van der Waals surface area contributed by atoms with E-state index in [9.17, 15) is 9.18 Å². The van der Waals surface area contributed by atoms with Crippen LogP contribution in [0.3, 0.4) is 0 Å². The largest absolute Gasteiger partial charge is 0.304 e. The Labute approximate surface area is 159 Å². The number of rotatable bonds is 6. The lowest BCUT2D eigenvalue weighted by molar-refractivity contribution is 0.102. The average Bonchev–Trinajstić information content (AvgIpc) is 3.38. The average molecular weight is 377 g/mol. The Morgan fingerprint density at radius 3 is 2.61 bits per heavy atom. The van der Waals surface area contributed by atoms with Crippen LogP contribution < -0.4 is 5.32 Å². The molecule has 0 aliphatic carbocycles. The number of pyridine rings is 1. The van der Waals surface area contributed by atoms with E-state index in [4.69, 9.17) is 0 Å². The SMILES string of the molecule is O=C(Nc1ccn(CCc2ccncc2)n1)c1cnn(-c2ccc(F)cc2)n1. The first-order valence-corrected chi connectivity index (χ1v) is 8.59. The summed E-state index contributed by atoms with van der Waals surface area (Å²) in [6, 6.07) is 11.3. The molecule has 8 nitrogen and oxygen atoms in total. The predicted molar refractivity (Wildman–Crippen MR) is 99.4 cm³/mol. The second-order valence-electron chi connectivity index (χ2n) is 6.02. The molecule has 4 rings (SSSR count). The Hall–Kier alpha value is -3.88. The van der Waals surface area contributed by atoms with Crippen molar-refractivity contribution in [1.82, 2.24) is 29.8 Å². The molecule has 3 heterocycles. The van der Waals surface area contributed by atoms with E-state index >= 15 is 0 Å². The summed E-state index contributed by atoms with van der Waals surface area (Å²) in [4.78, 5) is 17.6. The lowest BCUT2D eigenvalue weighted by Crippen LogP contribution is -2.14. The van der Waals surface area contributed by atoms with E-state index in [1.165, 1.54) is 35.3 Å². The molecule has 0 radical (unpaired) electrons. The van der Waals surface area contributed by atoms with Crippen molar-refractivity contribution >= 4 is 11.7 Å². The second-order valence-corrected chi connectivity index (χ2v) is 6.02. The topological polar surface area (TPSA) is 90.5 Å². The van der Waals surface area contributed by atoms with Crippen molar-refractivity contribution in [1.29, 1.82) is 0 Å². The zero-order chi connectivity index (χ0) is 19.3. The third kappa shape index (κ3) is 4.09. The van der Waals surface area contributed by atoms with Gasteiger partial charge in [-0.3, -0.25) is 14.5 Å². The van der Waals surface area contributed by atoms with Gasteiger partial charge in [0.15, 0.2) is 11.5 Å². The number of halogens is 1. The van der Waals surface area contributed by atoms with Gasteiger partial charge >= 0.3 is 0 Å². The number of benzene rings is 1. The zero-order valence-electron chi connectivity index (χ0n) is 14.7. The molecule has 0 bridgehead atoms. The maximum absolute atomic E-state index is 13.0. The molecule has 0 spiro atoms. The fourth-order valence-corrected chi connectivity index (χ4v) is 2.59. The number of hydrogen-bond acceptors (Lipinski definition) is 5. The third-order valence-corrected chi connectivity index (χ3v) is 4.04. The van der Waals surface area contributed by atoms with E-state index in [1.807, 2.05) is 12.1 Å². The molecule has 4 aromatic rings. The third-order valence-electron chi connectivity index (χ3n) is 4.04. The minimum Gasteiger partial charge on any atom is -0.304 e. The van der Waals surface area contributed by atoms with Crippen LogP contribution in [0.25, 0.3) is 5.69 Å². The Balaban J connectivity index is 1.37. The highest BCUT2D eigenvalue weighted by atomic mass is 19.1. The van der Waals surface area contributed by atoms with Gasteiger partial charge in [-0.05, 0) is 48.4 Å². The van der Waals surface area contributed by atoms with E-state index < -0.39 is 5.91 Å². The number of amides is 1. The van der Waals surface area contributed by atoms with Crippen LogP contribution in [-0.4, -0.2) is 35.7 Å². The summed E-state index contributed by atoms with van der Waals surface area (Å²) in [5, 5.41) is 15.2. The van der Waals surface area contributed by atoms with Gasteiger partial charge in [0.25, 0.3) is 5.91 Å². The molecule has 140 valence electrons. The van der Waals surface area contributed by atoms with Crippen molar-refractivity contribution < 1.29 is 9.18 Å². The van der Waals surface area contributed by atoms with Crippen LogP contribution >= 0.6 is 0 Å². The number of hydrogen-bond donors (Lipinski definition) is 1. The molecule has 1 N–H and O–H groups in total. The molecule has 28 heavy (non-hydrogen) atoms. The van der Waals surface area contributed by atoms with Gasteiger partial charge in [-0.25, -0.2) is 4.39 Å². The summed E-state index contributed by atoms with van der Waals surface area (Å²) in [5.74, 6) is -0.350. The van der Waals surface area contributed by atoms with Gasteiger partial charge in [-0.15, -0.1) is 5.10 Å². The molecule has 9 heteroatoms. The standard InChI is InChI=1S/C19H16FN7O/c20-15-1-3-16(4-2-15)27-22-13-17(24-27)19(28)23-18-8-12-26(25-18)11-7-14-5-9-21-10-6-14/h1-6,8-10,12-13H,7,11H2,(H,23,25,28). The molecule has 0 fully saturated rings. The van der Waals surface area contributed by atoms with Crippen LogP contribution in [0.1, 0.15) is 16.1 Å². The van der Waals surface area contributed by atoms with E-state index in [0.717, 1.165) is 12.0 Å². The Kier molecular flexibility index (Phi) is 4.87. The molecule has 3 aromatic heterocycles. The molecule has 0 aliphatic heterocycles. The van der Waals surface area contributed by atoms with Crippen molar-refractivity contribution in [2.45, 2.75) is 13.0 Å². The van der Waals surface area contributed by atoms with E-state index in [2.05, 4.69) is 25.6 Å². The van der Waals surface area contributed by atoms with Gasteiger partial charge in [-0.2, -0.15) is 15.0 Å². The summed E-state index contributed by atoms with van der Waals surface area (Å²) < 4.78 is 14.8. The zero-order valence-corrected chi connectivity index (χ0v) is 14.7. The van der Waals surface area contributed by atoms with Gasteiger partial charge < -0.3 is 5.32 Å². The quantitative estimate of drug-likeness (QED) is 0.558. The predicted octanol–water partition coefficient (Wildman–Crippen LogP) is 2.49. The van der Waals surface area contributed by atoms with Gasteiger partial charge in [0.1, 0.15) is 5.82 Å². The van der Waals surface area contributed by atoms with Gasteiger partial charge in [0.2, 0.25) is 0 Å². The molecule has 0 unspecified atom stereocenters. The Morgan fingerprint density at radius 2 is 1.82 bits per heavy atom. The fraction of sp³-hybridized carbons (Fsp3) is 0.105. The maximum Gasteiger partial charge on any atom is 0.279 e. The summed E-state index contributed by atoms with van der Waals surface area (Å²) in [7, 11) is 0. The summed E-state index contributed by atoms with van der Waals surface area (Å²) >= 11 is 0. The Bertz CT molecular complexity index is 1070. The van der Waals surface area contributed by atoms with E-state index in [0.29, 0.717) is 18.1 Å². The number of aryl methyl sites for hydroxylation is 2. The van der Waals surface area contributed by atoms with Crippen molar-refractivity contribution in [3.63, 3.8) is 0 Å². The van der Waals surface area contributed by atoms with Gasteiger partial charge in [0.05, 0.1) is 11.9 Å².